The van der Waals surface area contributed by atoms with E-state index in [0.717, 1.165) is 12.1 Å². The predicted octanol–water partition coefficient (Wildman–Crippen LogP) is 8.33. The van der Waals surface area contributed by atoms with Crippen LogP contribution in [0.5, 0.6) is 0 Å². The van der Waals surface area contributed by atoms with Crippen LogP contribution in [0.15, 0.2) is 54.2 Å². The van der Waals surface area contributed by atoms with E-state index < -0.39 is 0 Å². The lowest BCUT2D eigenvalue weighted by atomic mass is 9.98. The summed E-state index contributed by atoms with van der Waals surface area (Å²) in [5.74, 6) is 0.403. The SMILES string of the molecule is C=CC(CCCC)C(C)=N/C=C(\C)c1ccccc1.CC.CCCC. The Balaban J connectivity index is 0. The van der Waals surface area contributed by atoms with E-state index in [-0.39, 0.29) is 0 Å². The number of aliphatic imine (C=N–C) groups is 1. The highest BCUT2D eigenvalue weighted by Crippen LogP contribution is 2.15. The molecule has 1 aromatic rings. The summed E-state index contributed by atoms with van der Waals surface area (Å²) in [6.07, 6.45) is 10.2. The zero-order valence-electron chi connectivity index (χ0n) is 17.8. The van der Waals surface area contributed by atoms with Crippen molar-refractivity contribution in [2.24, 2.45) is 10.9 Å². The lowest BCUT2D eigenvalue weighted by Gasteiger charge is -2.10. The van der Waals surface area contributed by atoms with Crippen molar-refractivity contribution in [2.45, 2.75) is 80.6 Å². The lowest BCUT2D eigenvalue weighted by Crippen LogP contribution is -2.07. The zero-order chi connectivity index (χ0) is 19.5. The molecule has 142 valence electrons. The Morgan fingerprint density at radius 3 is 2.00 bits per heavy atom. The lowest BCUT2D eigenvalue weighted by molar-refractivity contribution is 0.664. The molecule has 0 saturated heterocycles. The maximum absolute atomic E-state index is 4.61. The van der Waals surface area contributed by atoms with Crippen molar-refractivity contribution in [3.05, 3.63) is 54.8 Å². The summed E-state index contributed by atoms with van der Waals surface area (Å²) < 4.78 is 0. The fourth-order valence-electron chi connectivity index (χ4n) is 1.99. The summed E-state index contributed by atoms with van der Waals surface area (Å²) in [7, 11) is 0. The van der Waals surface area contributed by atoms with Crippen LogP contribution in [0.4, 0.5) is 0 Å². The molecule has 1 aromatic carbocycles. The standard InChI is InChI=1S/C18H25N.C4H10.C2H6/c1-5-7-11-17(6-2)16(4)19-14-15(3)18-12-9-8-10-13-18;1-3-4-2;1-2/h6,8-10,12-14,17H,2,5,7,11H2,1,3-4H3;3-4H2,1-2H3;1-2H3/b15-14+,19-16?;;. The zero-order valence-corrected chi connectivity index (χ0v) is 17.8. The van der Waals surface area contributed by atoms with Crippen LogP contribution in [-0.2, 0) is 0 Å². The molecular formula is C24H41N. The first-order chi connectivity index (χ1) is 12.1. The summed E-state index contributed by atoms with van der Waals surface area (Å²) in [6, 6.07) is 10.4. The van der Waals surface area contributed by atoms with Gasteiger partial charge >= 0.3 is 0 Å². The van der Waals surface area contributed by atoms with Gasteiger partial charge in [0.1, 0.15) is 0 Å². The van der Waals surface area contributed by atoms with Gasteiger partial charge in [-0.25, -0.2) is 0 Å². The number of nitrogens with zero attached hydrogens (tertiary/aromatic N) is 1. The largest absolute Gasteiger partial charge is 0.265 e. The van der Waals surface area contributed by atoms with E-state index in [2.05, 4.69) is 70.5 Å². The summed E-state index contributed by atoms with van der Waals surface area (Å²) in [6.45, 7) is 18.7. The summed E-state index contributed by atoms with van der Waals surface area (Å²) in [5, 5.41) is 0. The molecule has 0 bridgehead atoms. The molecule has 1 atom stereocenters. The second-order valence-electron chi connectivity index (χ2n) is 5.93. The minimum Gasteiger partial charge on any atom is -0.265 e. The molecule has 1 heteroatoms. The summed E-state index contributed by atoms with van der Waals surface area (Å²) >= 11 is 0. The van der Waals surface area contributed by atoms with Crippen molar-refractivity contribution in [3.8, 4) is 0 Å². The quantitative estimate of drug-likeness (QED) is 0.332. The van der Waals surface area contributed by atoms with Crippen LogP contribution in [-0.4, -0.2) is 5.71 Å². The monoisotopic (exact) mass is 343 g/mol. The van der Waals surface area contributed by atoms with Gasteiger partial charge in [-0.3, -0.25) is 4.99 Å². The van der Waals surface area contributed by atoms with Gasteiger partial charge in [0.15, 0.2) is 0 Å². The van der Waals surface area contributed by atoms with Crippen LogP contribution in [0.25, 0.3) is 5.57 Å². The van der Waals surface area contributed by atoms with E-state index in [4.69, 9.17) is 0 Å². The minimum atomic E-state index is 0.403. The number of unbranched alkanes of at least 4 members (excludes halogenated alkanes) is 2. The van der Waals surface area contributed by atoms with Gasteiger partial charge in [-0.15, -0.1) is 6.58 Å². The molecule has 0 aromatic heterocycles. The van der Waals surface area contributed by atoms with Crippen LogP contribution >= 0.6 is 0 Å². The van der Waals surface area contributed by atoms with E-state index in [9.17, 15) is 0 Å². The van der Waals surface area contributed by atoms with Crippen LogP contribution in [0, 0.1) is 5.92 Å². The third kappa shape index (κ3) is 13.3. The molecule has 25 heavy (non-hydrogen) atoms. The van der Waals surface area contributed by atoms with Gasteiger partial charge in [0, 0.05) is 17.8 Å². The normalized spacial score (nSPS) is 12.3. The molecule has 0 aliphatic carbocycles. The fourth-order valence-corrected chi connectivity index (χ4v) is 1.99. The fraction of sp³-hybridized carbons (Fsp3) is 0.542. The number of hydrogen-bond acceptors (Lipinski definition) is 1. The van der Waals surface area contributed by atoms with Gasteiger partial charge in [-0.1, -0.05) is 96.7 Å². The smallest absolute Gasteiger partial charge is 0.0302 e. The van der Waals surface area contributed by atoms with E-state index in [1.165, 1.54) is 36.8 Å². The summed E-state index contributed by atoms with van der Waals surface area (Å²) in [4.78, 5) is 4.61. The average molecular weight is 344 g/mol. The second-order valence-corrected chi connectivity index (χ2v) is 5.93. The maximum Gasteiger partial charge on any atom is 0.0302 e. The number of allylic oxidation sites excluding steroid dienone is 2. The predicted molar refractivity (Wildman–Crippen MR) is 118 cm³/mol. The van der Waals surface area contributed by atoms with Gasteiger partial charge in [0.2, 0.25) is 0 Å². The van der Waals surface area contributed by atoms with Gasteiger partial charge in [-0.2, -0.15) is 0 Å². The van der Waals surface area contributed by atoms with Crippen LogP contribution in [0.1, 0.15) is 86.1 Å². The second kappa shape index (κ2) is 18.7. The molecule has 1 rings (SSSR count). The highest BCUT2D eigenvalue weighted by molar-refractivity contribution is 5.87. The van der Waals surface area contributed by atoms with Crippen molar-refractivity contribution in [1.82, 2.24) is 0 Å². The van der Waals surface area contributed by atoms with Gasteiger partial charge in [-0.05, 0) is 31.4 Å². The molecule has 0 aliphatic heterocycles. The molecule has 1 nitrogen and oxygen atoms in total. The van der Waals surface area contributed by atoms with Crippen molar-refractivity contribution in [3.63, 3.8) is 0 Å². The molecular weight excluding hydrogens is 302 g/mol. The van der Waals surface area contributed by atoms with Crippen molar-refractivity contribution >= 4 is 11.3 Å². The molecule has 0 heterocycles. The Kier molecular flexibility index (Phi) is 19.2. The molecule has 0 saturated carbocycles. The molecule has 0 aliphatic rings. The van der Waals surface area contributed by atoms with Crippen LogP contribution in [0.2, 0.25) is 0 Å². The Morgan fingerprint density at radius 2 is 1.56 bits per heavy atom. The Hall–Kier alpha value is -1.63. The topological polar surface area (TPSA) is 12.4 Å². The van der Waals surface area contributed by atoms with E-state index >= 15 is 0 Å². The first kappa shape index (κ1) is 25.6. The molecule has 0 amide bonds. The Labute approximate surface area is 158 Å². The number of hydrogen-bond donors (Lipinski definition) is 0. The average Bonchev–Trinajstić information content (AvgIpc) is 2.69. The van der Waals surface area contributed by atoms with Crippen molar-refractivity contribution in [1.29, 1.82) is 0 Å². The Morgan fingerprint density at radius 1 is 1.00 bits per heavy atom. The van der Waals surface area contributed by atoms with Crippen LogP contribution in [0.3, 0.4) is 0 Å². The third-order valence-corrected chi connectivity index (χ3v) is 3.88. The first-order valence-corrected chi connectivity index (χ1v) is 9.99. The van der Waals surface area contributed by atoms with E-state index in [1.54, 1.807) is 0 Å². The van der Waals surface area contributed by atoms with Crippen molar-refractivity contribution < 1.29 is 0 Å². The number of benzene rings is 1. The minimum absolute atomic E-state index is 0.403. The van der Waals surface area contributed by atoms with Crippen LogP contribution < -0.4 is 0 Å². The van der Waals surface area contributed by atoms with E-state index in [1.807, 2.05) is 32.2 Å². The molecule has 1 unspecified atom stereocenters. The first-order valence-electron chi connectivity index (χ1n) is 9.99. The highest BCUT2D eigenvalue weighted by atomic mass is 14.7. The number of rotatable bonds is 8. The maximum atomic E-state index is 4.61. The van der Waals surface area contributed by atoms with E-state index in [0.29, 0.717) is 5.92 Å². The highest BCUT2D eigenvalue weighted by Gasteiger charge is 2.06. The molecule has 0 spiro atoms. The van der Waals surface area contributed by atoms with Gasteiger partial charge in [0.25, 0.3) is 0 Å². The molecule has 0 radical (unpaired) electrons. The third-order valence-electron chi connectivity index (χ3n) is 3.88. The van der Waals surface area contributed by atoms with Gasteiger partial charge < -0.3 is 0 Å². The molecule has 0 N–H and O–H groups in total. The molecule has 0 fully saturated rings. The summed E-state index contributed by atoms with van der Waals surface area (Å²) in [5.41, 5.74) is 3.57. The Bertz CT molecular complexity index is 466. The van der Waals surface area contributed by atoms with Crippen molar-refractivity contribution in [2.75, 3.05) is 0 Å². The van der Waals surface area contributed by atoms with Gasteiger partial charge in [0.05, 0.1) is 0 Å².